The van der Waals surface area contributed by atoms with Crippen molar-refractivity contribution in [3.8, 4) is 16.6 Å². The van der Waals surface area contributed by atoms with Crippen LogP contribution in [0, 0.1) is 0 Å². The van der Waals surface area contributed by atoms with Gasteiger partial charge in [0.2, 0.25) is 5.88 Å². The number of aromatic hydroxyl groups is 1. The standard InChI is InChI=1S/C10H9ClN2O2S/c1-2-6-9(14)12-8(13-10(6)15)7-3-5(11)4-16-7/h3-4H,2H2,1H3,(H2,12,13,14,15). The SMILES string of the molecule is CCc1c(O)nc(-c2cc(Cl)cs2)[nH]c1=O. The molecule has 0 saturated heterocycles. The molecule has 2 rings (SSSR count). The summed E-state index contributed by atoms with van der Waals surface area (Å²) >= 11 is 7.13. The average molecular weight is 257 g/mol. The van der Waals surface area contributed by atoms with Gasteiger partial charge in [-0.15, -0.1) is 11.3 Å². The second kappa shape index (κ2) is 4.27. The summed E-state index contributed by atoms with van der Waals surface area (Å²) in [5.74, 6) is 0.127. The van der Waals surface area contributed by atoms with Gasteiger partial charge < -0.3 is 10.1 Å². The van der Waals surface area contributed by atoms with Crippen LogP contribution in [0.1, 0.15) is 12.5 Å². The second-order valence-corrected chi connectivity index (χ2v) is 4.55. The molecule has 6 heteroatoms. The highest BCUT2D eigenvalue weighted by molar-refractivity contribution is 7.14. The van der Waals surface area contributed by atoms with Crippen molar-refractivity contribution in [2.24, 2.45) is 0 Å². The van der Waals surface area contributed by atoms with Gasteiger partial charge in [-0.3, -0.25) is 4.79 Å². The van der Waals surface area contributed by atoms with E-state index in [1.807, 2.05) is 0 Å². The van der Waals surface area contributed by atoms with Crippen molar-refractivity contribution in [2.45, 2.75) is 13.3 Å². The number of aromatic nitrogens is 2. The van der Waals surface area contributed by atoms with Gasteiger partial charge >= 0.3 is 0 Å². The third-order valence-electron chi connectivity index (χ3n) is 2.15. The average Bonchev–Trinajstić information content (AvgIpc) is 2.64. The Morgan fingerprint density at radius 3 is 2.88 bits per heavy atom. The largest absolute Gasteiger partial charge is 0.493 e. The van der Waals surface area contributed by atoms with Crippen LogP contribution in [0.2, 0.25) is 5.02 Å². The van der Waals surface area contributed by atoms with Gasteiger partial charge in [-0.05, 0) is 12.5 Å². The van der Waals surface area contributed by atoms with E-state index in [4.69, 9.17) is 11.6 Å². The number of halogens is 1. The number of nitrogens with one attached hydrogen (secondary N) is 1. The van der Waals surface area contributed by atoms with Crippen LogP contribution in [0.25, 0.3) is 10.7 Å². The summed E-state index contributed by atoms with van der Waals surface area (Å²) in [5, 5.41) is 11.9. The Hall–Kier alpha value is -1.33. The molecule has 16 heavy (non-hydrogen) atoms. The number of thiophene rings is 1. The van der Waals surface area contributed by atoms with Crippen LogP contribution in [-0.4, -0.2) is 15.1 Å². The molecule has 0 aliphatic rings. The van der Waals surface area contributed by atoms with Gasteiger partial charge in [-0.2, -0.15) is 4.98 Å². The summed E-state index contributed by atoms with van der Waals surface area (Å²) in [5.41, 5.74) is -0.0130. The van der Waals surface area contributed by atoms with Crippen LogP contribution in [0.4, 0.5) is 0 Å². The van der Waals surface area contributed by atoms with Crippen molar-refractivity contribution in [1.29, 1.82) is 0 Å². The van der Waals surface area contributed by atoms with E-state index in [1.54, 1.807) is 18.4 Å². The minimum atomic E-state index is -0.311. The molecule has 0 bridgehead atoms. The predicted octanol–water partition coefficient (Wildman–Crippen LogP) is 2.42. The molecule has 0 aliphatic heterocycles. The van der Waals surface area contributed by atoms with E-state index in [1.165, 1.54) is 11.3 Å². The fourth-order valence-corrected chi connectivity index (χ4v) is 2.38. The first-order valence-electron chi connectivity index (χ1n) is 4.68. The lowest BCUT2D eigenvalue weighted by atomic mass is 10.2. The van der Waals surface area contributed by atoms with Crippen molar-refractivity contribution in [1.82, 2.24) is 9.97 Å². The fraction of sp³-hybridized carbons (Fsp3) is 0.200. The zero-order chi connectivity index (χ0) is 11.7. The molecule has 0 aliphatic carbocycles. The van der Waals surface area contributed by atoms with Crippen molar-refractivity contribution >= 4 is 22.9 Å². The maximum Gasteiger partial charge on any atom is 0.258 e. The summed E-state index contributed by atoms with van der Waals surface area (Å²) in [6, 6.07) is 1.69. The predicted molar refractivity (Wildman–Crippen MR) is 64.2 cm³/mol. The molecule has 0 aromatic carbocycles. The van der Waals surface area contributed by atoms with E-state index in [9.17, 15) is 9.90 Å². The Bertz CT molecular complexity index is 576. The first-order valence-corrected chi connectivity index (χ1v) is 5.94. The van der Waals surface area contributed by atoms with E-state index in [-0.39, 0.29) is 11.4 Å². The molecule has 2 aromatic rings. The minimum Gasteiger partial charge on any atom is -0.493 e. The number of hydrogen-bond acceptors (Lipinski definition) is 4. The first-order chi connectivity index (χ1) is 7.61. The minimum absolute atomic E-state index is 0.217. The van der Waals surface area contributed by atoms with Crippen molar-refractivity contribution < 1.29 is 5.11 Å². The fourth-order valence-electron chi connectivity index (χ4n) is 1.36. The molecule has 0 fully saturated rings. The van der Waals surface area contributed by atoms with E-state index < -0.39 is 0 Å². The third kappa shape index (κ3) is 1.96. The Morgan fingerprint density at radius 2 is 2.38 bits per heavy atom. The molecule has 0 saturated carbocycles. The van der Waals surface area contributed by atoms with Gasteiger partial charge in [0.05, 0.1) is 15.5 Å². The number of H-pyrrole nitrogens is 1. The zero-order valence-corrected chi connectivity index (χ0v) is 10.0. The van der Waals surface area contributed by atoms with E-state index in [0.717, 1.165) is 4.88 Å². The summed E-state index contributed by atoms with van der Waals surface area (Å²) in [6.07, 6.45) is 0.444. The van der Waals surface area contributed by atoms with Crippen LogP contribution in [0.3, 0.4) is 0 Å². The monoisotopic (exact) mass is 256 g/mol. The molecule has 0 amide bonds. The molecule has 2 aromatic heterocycles. The van der Waals surface area contributed by atoms with Gasteiger partial charge in [0.15, 0.2) is 5.82 Å². The number of rotatable bonds is 2. The summed E-state index contributed by atoms with van der Waals surface area (Å²) in [6.45, 7) is 1.79. The molecule has 2 heterocycles. The highest BCUT2D eigenvalue weighted by Gasteiger charge is 2.11. The number of nitrogens with zero attached hydrogens (tertiary/aromatic N) is 1. The summed E-state index contributed by atoms with van der Waals surface area (Å²) in [7, 11) is 0. The molecule has 0 atom stereocenters. The zero-order valence-electron chi connectivity index (χ0n) is 8.45. The summed E-state index contributed by atoms with van der Waals surface area (Å²) in [4.78, 5) is 18.9. The molecule has 2 N–H and O–H groups in total. The van der Waals surface area contributed by atoms with Crippen molar-refractivity contribution in [2.75, 3.05) is 0 Å². The maximum atomic E-state index is 11.6. The molecule has 84 valence electrons. The van der Waals surface area contributed by atoms with Gasteiger partial charge in [0.1, 0.15) is 0 Å². The lowest BCUT2D eigenvalue weighted by molar-refractivity contribution is 0.444. The topological polar surface area (TPSA) is 66.0 Å². The molecule has 0 unspecified atom stereocenters. The second-order valence-electron chi connectivity index (χ2n) is 3.20. The van der Waals surface area contributed by atoms with Gasteiger partial charge in [0, 0.05) is 5.38 Å². The quantitative estimate of drug-likeness (QED) is 0.867. The van der Waals surface area contributed by atoms with Crippen LogP contribution >= 0.6 is 22.9 Å². The van der Waals surface area contributed by atoms with Crippen molar-refractivity contribution in [3.63, 3.8) is 0 Å². The van der Waals surface area contributed by atoms with Gasteiger partial charge in [0.25, 0.3) is 5.56 Å². The van der Waals surface area contributed by atoms with Gasteiger partial charge in [-0.1, -0.05) is 18.5 Å². The van der Waals surface area contributed by atoms with Crippen LogP contribution in [0.15, 0.2) is 16.2 Å². The first kappa shape index (κ1) is 11.2. The highest BCUT2D eigenvalue weighted by Crippen LogP contribution is 2.27. The Morgan fingerprint density at radius 1 is 1.62 bits per heavy atom. The van der Waals surface area contributed by atoms with E-state index in [2.05, 4.69) is 9.97 Å². The molecule has 0 spiro atoms. The third-order valence-corrected chi connectivity index (χ3v) is 3.43. The van der Waals surface area contributed by atoms with E-state index in [0.29, 0.717) is 22.8 Å². The number of hydrogen-bond donors (Lipinski definition) is 2. The Balaban J connectivity index is 2.56. The lowest BCUT2D eigenvalue weighted by Gasteiger charge is -2.01. The van der Waals surface area contributed by atoms with Crippen molar-refractivity contribution in [3.05, 3.63) is 32.4 Å². The number of aromatic amines is 1. The molecular weight excluding hydrogens is 248 g/mol. The normalized spacial score (nSPS) is 10.6. The smallest absolute Gasteiger partial charge is 0.258 e. The summed E-state index contributed by atoms with van der Waals surface area (Å²) < 4.78 is 0. The van der Waals surface area contributed by atoms with Crippen LogP contribution in [-0.2, 0) is 6.42 Å². The van der Waals surface area contributed by atoms with Gasteiger partial charge in [-0.25, -0.2) is 0 Å². The lowest BCUT2D eigenvalue weighted by Crippen LogP contribution is -2.14. The molecule has 0 radical (unpaired) electrons. The highest BCUT2D eigenvalue weighted by atomic mass is 35.5. The Labute approximate surface area is 101 Å². The Kier molecular flexibility index (Phi) is 2.98. The molecular formula is C10H9ClN2O2S. The maximum absolute atomic E-state index is 11.6. The van der Waals surface area contributed by atoms with Crippen LogP contribution in [0.5, 0.6) is 5.88 Å². The molecule has 4 nitrogen and oxygen atoms in total. The van der Waals surface area contributed by atoms with Crippen LogP contribution < -0.4 is 5.56 Å². The van der Waals surface area contributed by atoms with E-state index >= 15 is 0 Å².